The molecule has 4 rings (SSSR count). The molecule has 0 aliphatic carbocycles. The molecule has 1 N–H and O–H groups in total. The second kappa shape index (κ2) is 9.75. The number of nitrogens with one attached hydrogen (secondary N) is 1. The van der Waals surface area contributed by atoms with Gasteiger partial charge in [0.05, 0.1) is 6.04 Å². The Kier molecular flexibility index (Phi) is 6.81. The highest BCUT2D eigenvalue weighted by Gasteiger charge is 2.32. The van der Waals surface area contributed by atoms with E-state index in [2.05, 4.69) is 15.1 Å². The monoisotopic (exact) mass is 459 g/mol. The zero-order valence-electron chi connectivity index (χ0n) is 17.6. The van der Waals surface area contributed by atoms with Crippen molar-refractivity contribution in [2.24, 2.45) is 0 Å². The highest BCUT2D eigenvalue weighted by Crippen LogP contribution is 2.30. The molecular formula is C24H24F3N3OS. The molecule has 1 amide bonds. The number of hydrogen-bond acceptors (Lipinski definition) is 4. The Hall–Kier alpha value is -2.84. The van der Waals surface area contributed by atoms with Crippen molar-refractivity contribution in [1.29, 1.82) is 0 Å². The maximum absolute atomic E-state index is 14.1. The number of halogens is 3. The number of thiophene rings is 1. The van der Waals surface area contributed by atoms with Gasteiger partial charge < -0.3 is 10.2 Å². The van der Waals surface area contributed by atoms with Gasteiger partial charge in [-0.1, -0.05) is 12.1 Å². The largest absolute Gasteiger partial charge is 0.369 e. The van der Waals surface area contributed by atoms with Crippen LogP contribution >= 0.6 is 11.3 Å². The number of rotatable bonds is 6. The summed E-state index contributed by atoms with van der Waals surface area (Å²) in [7, 11) is 0. The number of carbonyl (C=O) groups is 1. The summed E-state index contributed by atoms with van der Waals surface area (Å²) in [6.07, 6.45) is 0. The van der Waals surface area contributed by atoms with Crippen LogP contribution in [0.1, 0.15) is 28.2 Å². The van der Waals surface area contributed by atoms with Gasteiger partial charge in [-0.15, -0.1) is 11.3 Å². The number of amides is 1. The van der Waals surface area contributed by atoms with Crippen molar-refractivity contribution in [2.75, 3.05) is 31.1 Å². The topological polar surface area (TPSA) is 35.6 Å². The van der Waals surface area contributed by atoms with Gasteiger partial charge in [0.1, 0.15) is 23.0 Å². The SMILES string of the molecule is C[C@H](NC(=O)c1c(F)cccc1F)[C@H](c1cccs1)N1CCN(c2ccc(F)cc2)CC1. The number of benzene rings is 2. The van der Waals surface area contributed by atoms with E-state index in [9.17, 15) is 18.0 Å². The molecule has 0 saturated carbocycles. The van der Waals surface area contributed by atoms with Crippen molar-refractivity contribution < 1.29 is 18.0 Å². The van der Waals surface area contributed by atoms with Crippen LogP contribution in [0.4, 0.5) is 18.9 Å². The maximum Gasteiger partial charge on any atom is 0.257 e. The predicted octanol–water partition coefficient (Wildman–Crippen LogP) is 4.85. The zero-order valence-corrected chi connectivity index (χ0v) is 18.4. The van der Waals surface area contributed by atoms with E-state index < -0.39 is 23.1 Å². The maximum atomic E-state index is 14.1. The van der Waals surface area contributed by atoms with Crippen molar-refractivity contribution in [2.45, 2.75) is 19.0 Å². The average Bonchev–Trinajstić information content (AvgIpc) is 3.29. The summed E-state index contributed by atoms with van der Waals surface area (Å²) in [6, 6.07) is 13.3. The molecule has 1 aromatic heterocycles. The number of nitrogens with zero attached hydrogens (tertiary/aromatic N) is 2. The molecule has 8 heteroatoms. The van der Waals surface area contributed by atoms with Gasteiger partial charge in [0.25, 0.3) is 5.91 Å². The molecule has 2 aromatic carbocycles. The van der Waals surface area contributed by atoms with Crippen LogP contribution in [0.15, 0.2) is 60.0 Å². The molecule has 1 saturated heterocycles. The van der Waals surface area contributed by atoms with E-state index in [1.54, 1.807) is 23.5 Å². The fourth-order valence-corrected chi connectivity index (χ4v) is 5.15. The Morgan fingerprint density at radius 2 is 1.59 bits per heavy atom. The van der Waals surface area contributed by atoms with Crippen molar-refractivity contribution in [1.82, 2.24) is 10.2 Å². The van der Waals surface area contributed by atoms with E-state index in [4.69, 9.17) is 0 Å². The Labute approximate surface area is 189 Å². The van der Waals surface area contributed by atoms with Gasteiger partial charge in [-0.2, -0.15) is 0 Å². The third kappa shape index (κ3) is 4.81. The Morgan fingerprint density at radius 3 is 2.19 bits per heavy atom. The number of piperazine rings is 1. The van der Waals surface area contributed by atoms with E-state index in [0.717, 1.165) is 48.9 Å². The van der Waals surface area contributed by atoms with Crippen molar-refractivity contribution >= 4 is 22.9 Å². The first-order chi connectivity index (χ1) is 15.4. The summed E-state index contributed by atoms with van der Waals surface area (Å²) in [4.78, 5) is 18.2. The highest BCUT2D eigenvalue weighted by atomic mass is 32.1. The quantitative estimate of drug-likeness (QED) is 0.573. The number of carbonyl (C=O) groups excluding carboxylic acids is 1. The summed E-state index contributed by atoms with van der Waals surface area (Å²) in [6.45, 7) is 4.81. The molecular weight excluding hydrogens is 435 g/mol. The van der Waals surface area contributed by atoms with Gasteiger partial charge in [-0.05, 0) is 54.8 Å². The van der Waals surface area contributed by atoms with E-state index in [1.807, 2.05) is 24.4 Å². The van der Waals surface area contributed by atoms with Crippen molar-refractivity contribution in [3.8, 4) is 0 Å². The predicted molar refractivity (Wildman–Crippen MR) is 121 cm³/mol. The van der Waals surface area contributed by atoms with Gasteiger partial charge in [-0.3, -0.25) is 9.69 Å². The lowest BCUT2D eigenvalue weighted by Gasteiger charge is -2.42. The Bertz CT molecular complexity index is 1030. The summed E-state index contributed by atoms with van der Waals surface area (Å²) in [5.41, 5.74) is 0.403. The summed E-state index contributed by atoms with van der Waals surface area (Å²) in [5.74, 6) is -2.79. The lowest BCUT2D eigenvalue weighted by Crippen LogP contribution is -2.52. The lowest BCUT2D eigenvalue weighted by molar-refractivity contribution is 0.0882. The molecule has 3 aromatic rings. The normalized spacial score (nSPS) is 16.6. The second-order valence-corrected chi connectivity index (χ2v) is 8.80. The molecule has 1 aliphatic heterocycles. The van der Waals surface area contributed by atoms with Crippen LogP contribution in [0.3, 0.4) is 0 Å². The van der Waals surface area contributed by atoms with Gasteiger partial charge in [0.2, 0.25) is 0 Å². The smallest absolute Gasteiger partial charge is 0.257 e. The molecule has 0 radical (unpaired) electrons. The third-order valence-corrected chi connectivity index (χ3v) is 6.70. The van der Waals surface area contributed by atoms with Crippen LogP contribution in [0.5, 0.6) is 0 Å². The molecule has 2 heterocycles. The lowest BCUT2D eigenvalue weighted by atomic mass is 10.0. The molecule has 4 nitrogen and oxygen atoms in total. The van der Waals surface area contributed by atoms with Crippen LogP contribution in [0.2, 0.25) is 0 Å². The first-order valence-electron chi connectivity index (χ1n) is 10.5. The van der Waals surface area contributed by atoms with Gasteiger partial charge in [-0.25, -0.2) is 13.2 Å². The molecule has 0 unspecified atom stereocenters. The molecule has 2 atom stereocenters. The van der Waals surface area contributed by atoms with Crippen LogP contribution in [-0.4, -0.2) is 43.0 Å². The molecule has 32 heavy (non-hydrogen) atoms. The van der Waals surface area contributed by atoms with Gasteiger partial charge >= 0.3 is 0 Å². The van der Waals surface area contributed by atoms with Crippen molar-refractivity contribution in [3.05, 3.63) is 87.9 Å². The molecule has 0 bridgehead atoms. The fourth-order valence-electron chi connectivity index (χ4n) is 4.18. The minimum Gasteiger partial charge on any atom is -0.369 e. The summed E-state index contributed by atoms with van der Waals surface area (Å²) < 4.78 is 41.4. The Balaban J connectivity index is 1.48. The molecule has 1 aliphatic rings. The molecule has 0 spiro atoms. The minimum atomic E-state index is -0.879. The van der Waals surface area contributed by atoms with Gasteiger partial charge in [0, 0.05) is 42.8 Å². The summed E-state index contributed by atoms with van der Waals surface area (Å²) >= 11 is 1.58. The average molecular weight is 460 g/mol. The van der Waals surface area contributed by atoms with Crippen LogP contribution in [0, 0.1) is 17.5 Å². The van der Waals surface area contributed by atoms with E-state index in [0.29, 0.717) is 0 Å². The number of hydrogen-bond donors (Lipinski definition) is 1. The standard InChI is InChI=1S/C24H24F3N3OS/c1-16(28-24(31)22-19(26)4-2-5-20(22)27)23(21-6-3-15-32-21)30-13-11-29(12-14-30)18-9-7-17(25)8-10-18/h2-10,15-16,23H,11-14H2,1H3,(H,28,31)/t16-,23+/m0/s1. The first kappa shape index (κ1) is 22.4. The molecule has 1 fully saturated rings. The highest BCUT2D eigenvalue weighted by molar-refractivity contribution is 7.10. The third-order valence-electron chi connectivity index (χ3n) is 5.76. The van der Waals surface area contributed by atoms with Crippen LogP contribution < -0.4 is 10.2 Å². The number of anilines is 1. The zero-order chi connectivity index (χ0) is 22.7. The molecule has 168 valence electrons. The second-order valence-electron chi connectivity index (χ2n) is 7.82. The van der Waals surface area contributed by atoms with E-state index >= 15 is 0 Å². The first-order valence-corrected chi connectivity index (χ1v) is 11.3. The fraction of sp³-hybridized carbons (Fsp3) is 0.292. The van der Waals surface area contributed by atoms with Gasteiger partial charge in [0.15, 0.2) is 0 Å². The van der Waals surface area contributed by atoms with Crippen molar-refractivity contribution in [3.63, 3.8) is 0 Å². The van der Waals surface area contributed by atoms with E-state index in [1.165, 1.54) is 18.2 Å². The van der Waals surface area contributed by atoms with E-state index in [-0.39, 0.29) is 17.9 Å². The van der Waals surface area contributed by atoms with Crippen LogP contribution in [-0.2, 0) is 0 Å². The summed E-state index contributed by atoms with van der Waals surface area (Å²) in [5, 5.41) is 4.78. The minimum absolute atomic E-state index is 0.135. The van der Waals surface area contributed by atoms with Crippen LogP contribution in [0.25, 0.3) is 0 Å². The Morgan fingerprint density at radius 1 is 0.938 bits per heavy atom.